The molecule has 1 aliphatic heterocycles. The van der Waals surface area contributed by atoms with Crippen LogP contribution in [0, 0.1) is 10.1 Å². The van der Waals surface area contributed by atoms with E-state index in [0.29, 0.717) is 13.2 Å². The van der Waals surface area contributed by atoms with Gasteiger partial charge in [-0.15, -0.1) is 0 Å². The number of benzene rings is 1. The molecule has 0 radical (unpaired) electrons. The molecule has 1 saturated heterocycles. The molecule has 7 nitrogen and oxygen atoms in total. The Morgan fingerprint density at radius 2 is 2.14 bits per heavy atom. The molecule has 1 heterocycles. The third kappa shape index (κ3) is 3.20. The average molecular weight is 335 g/mol. The maximum absolute atomic E-state index is 11.8. The number of nitrogens with zero attached hydrogens (tertiary/aromatic N) is 2. The van der Waals surface area contributed by atoms with Gasteiger partial charge in [0.05, 0.1) is 35.3 Å². The van der Waals surface area contributed by atoms with Crippen LogP contribution in [0.4, 0.5) is 11.4 Å². The third-order valence-electron chi connectivity index (χ3n) is 3.13. The number of rotatable bonds is 3. The predicted octanol–water partition coefficient (Wildman–Crippen LogP) is 2.28. The van der Waals surface area contributed by atoms with Crippen molar-refractivity contribution in [1.29, 1.82) is 0 Å². The summed E-state index contributed by atoms with van der Waals surface area (Å²) in [6, 6.07) is 1.78. The summed E-state index contributed by atoms with van der Waals surface area (Å²) >= 11 is 11.8. The van der Waals surface area contributed by atoms with Crippen molar-refractivity contribution in [3.8, 4) is 0 Å². The summed E-state index contributed by atoms with van der Waals surface area (Å²) in [5.74, 6) is -0.532. The van der Waals surface area contributed by atoms with Crippen molar-refractivity contribution in [1.82, 2.24) is 0 Å². The van der Waals surface area contributed by atoms with Gasteiger partial charge >= 0.3 is 5.97 Å². The van der Waals surface area contributed by atoms with Crippen molar-refractivity contribution in [3.63, 3.8) is 0 Å². The zero-order valence-electron chi connectivity index (χ0n) is 11.0. The molecule has 0 bridgehead atoms. The number of nitro benzene ring substituents is 1. The molecule has 1 unspecified atom stereocenters. The lowest BCUT2D eigenvalue weighted by atomic mass is 10.1. The van der Waals surface area contributed by atoms with Crippen LogP contribution in [0.3, 0.4) is 0 Å². The van der Waals surface area contributed by atoms with E-state index >= 15 is 0 Å². The fraction of sp³-hybridized carbons (Fsp3) is 0.417. The second-order valence-electron chi connectivity index (χ2n) is 4.32. The second-order valence-corrected chi connectivity index (χ2v) is 5.13. The molecule has 0 amide bonds. The van der Waals surface area contributed by atoms with Gasteiger partial charge in [-0.05, 0) is 6.07 Å². The van der Waals surface area contributed by atoms with Crippen LogP contribution in [0.15, 0.2) is 12.1 Å². The number of morpholine rings is 1. The fourth-order valence-corrected chi connectivity index (χ4v) is 2.44. The standard InChI is InChI=1S/C12H12Cl2N2O5/c1-20-12(17)11-6-21-3-2-15(11)9-4-7(13)8(14)5-10(9)16(18)19/h4-5,11H,2-3,6H2,1H3. The van der Waals surface area contributed by atoms with Gasteiger partial charge in [0.25, 0.3) is 5.69 Å². The summed E-state index contributed by atoms with van der Waals surface area (Å²) in [6.45, 7) is 0.730. The molecular formula is C12H12Cl2N2O5. The van der Waals surface area contributed by atoms with E-state index in [0.717, 1.165) is 0 Å². The number of nitro groups is 1. The number of halogens is 2. The van der Waals surface area contributed by atoms with E-state index in [2.05, 4.69) is 0 Å². The Morgan fingerprint density at radius 3 is 2.76 bits per heavy atom. The molecule has 21 heavy (non-hydrogen) atoms. The van der Waals surface area contributed by atoms with E-state index < -0.39 is 16.9 Å². The van der Waals surface area contributed by atoms with E-state index in [1.165, 1.54) is 19.2 Å². The van der Waals surface area contributed by atoms with Gasteiger partial charge in [0.15, 0.2) is 6.04 Å². The zero-order chi connectivity index (χ0) is 15.6. The number of hydrogen-bond donors (Lipinski definition) is 0. The highest BCUT2D eigenvalue weighted by molar-refractivity contribution is 6.42. The molecule has 1 aromatic carbocycles. The van der Waals surface area contributed by atoms with E-state index in [-0.39, 0.29) is 28.0 Å². The molecule has 1 aliphatic rings. The Hall–Kier alpha value is -1.57. The van der Waals surface area contributed by atoms with Crippen LogP contribution in [0.25, 0.3) is 0 Å². The normalized spacial score (nSPS) is 18.4. The van der Waals surface area contributed by atoms with Crippen LogP contribution in [0.2, 0.25) is 10.0 Å². The molecule has 0 saturated carbocycles. The summed E-state index contributed by atoms with van der Waals surface area (Å²) in [7, 11) is 1.25. The van der Waals surface area contributed by atoms with Crippen molar-refractivity contribution in [3.05, 3.63) is 32.3 Å². The maximum Gasteiger partial charge on any atom is 0.330 e. The number of carbonyl (C=O) groups is 1. The minimum Gasteiger partial charge on any atom is -0.467 e. The minimum absolute atomic E-state index is 0.0787. The van der Waals surface area contributed by atoms with Crippen molar-refractivity contribution < 1.29 is 19.2 Å². The molecule has 1 fully saturated rings. The van der Waals surface area contributed by atoms with Gasteiger partial charge in [-0.2, -0.15) is 0 Å². The van der Waals surface area contributed by atoms with E-state index in [9.17, 15) is 14.9 Å². The first kappa shape index (κ1) is 15.8. The van der Waals surface area contributed by atoms with Crippen LogP contribution in [-0.4, -0.2) is 43.8 Å². The minimum atomic E-state index is -0.764. The molecule has 1 atom stereocenters. The van der Waals surface area contributed by atoms with Crippen molar-refractivity contribution in [2.45, 2.75) is 6.04 Å². The smallest absolute Gasteiger partial charge is 0.330 e. The van der Waals surface area contributed by atoms with Gasteiger partial charge in [-0.3, -0.25) is 10.1 Å². The summed E-state index contributed by atoms with van der Waals surface area (Å²) in [4.78, 5) is 24.0. The molecule has 114 valence electrons. The molecular weight excluding hydrogens is 323 g/mol. The number of hydrogen-bond acceptors (Lipinski definition) is 6. The number of ether oxygens (including phenoxy) is 2. The SMILES string of the molecule is COC(=O)C1COCCN1c1cc(Cl)c(Cl)cc1[N+](=O)[O-]. The van der Waals surface area contributed by atoms with Gasteiger partial charge in [0.2, 0.25) is 0 Å². The van der Waals surface area contributed by atoms with E-state index in [4.69, 9.17) is 32.7 Å². The van der Waals surface area contributed by atoms with Gasteiger partial charge in [-0.25, -0.2) is 4.79 Å². The average Bonchev–Trinajstić information content (AvgIpc) is 2.48. The zero-order valence-corrected chi connectivity index (χ0v) is 12.6. The molecule has 2 rings (SSSR count). The van der Waals surface area contributed by atoms with Gasteiger partial charge in [-0.1, -0.05) is 23.2 Å². The first-order valence-electron chi connectivity index (χ1n) is 6.01. The molecule has 0 aromatic heterocycles. The van der Waals surface area contributed by atoms with Gasteiger partial charge in [0.1, 0.15) is 5.69 Å². The lowest BCUT2D eigenvalue weighted by molar-refractivity contribution is -0.384. The Labute approximate surface area is 130 Å². The van der Waals surface area contributed by atoms with Crippen LogP contribution < -0.4 is 4.90 Å². The van der Waals surface area contributed by atoms with Crippen molar-refractivity contribution >= 4 is 40.5 Å². The molecule has 9 heteroatoms. The second kappa shape index (κ2) is 6.46. The number of esters is 1. The van der Waals surface area contributed by atoms with Gasteiger partial charge in [0, 0.05) is 12.6 Å². The van der Waals surface area contributed by atoms with Crippen LogP contribution >= 0.6 is 23.2 Å². The van der Waals surface area contributed by atoms with Crippen LogP contribution in [0.5, 0.6) is 0 Å². The topological polar surface area (TPSA) is 81.9 Å². The van der Waals surface area contributed by atoms with Gasteiger partial charge < -0.3 is 14.4 Å². The van der Waals surface area contributed by atoms with E-state index in [1.54, 1.807) is 4.90 Å². The van der Waals surface area contributed by atoms with Crippen molar-refractivity contribution in [2.24, 2.45) is 0 Å². The number of methoxy groups -OCH3 is 1. The highest BCUT2D eigenvalue weighted by atomic mass is 35.5. The first-order valence-corrected chi connectivity index (χ1v) is 6.77. The number of carbonyl (C=O) groups excluding carboxylic acids is 1. The largest absolute Gasteiger partial charge is 0.467 e. The van der Waals surface area contributed by atoms with Crippen LogP contribution in [0.1, 0.15) is 0 Å². The number of anilines is 1. The van der Waals surface area contributed by atoms with Crippen molar-refractivity contribution in [2.75, 3.05) is 31.8 Å². The Balaban J connectivity index is 2.49. The Kier molecular flexibility index (Phi) is 4.87. The lowest BCUT2D eigenvalue weighted by Gasteiger charge is -2.35. The summed E-state index contributed by atoms with van der Waals surface area (Å²) < 4.78 is 9.95. The fourth-order valence-electron chi connectivity index (χ4n) is 2.13. The Morgan fingerprint density at radius 1 is 1.48 bits per heavy atom. The maximum atomic E-state index is 11.8. The quantitative estimate of drug-likeness (QED) is 0.479. The highest BCUT2D eigenvalue weighted by Gasteiger charge is 2.34. The van der Waals surface area contributed by atoms with E-state index in [1.807, 2.05) is 0 Å². The third-order valence-corrected chi connectivity index (χ3v) is 3.85. The predicted molar refractivity (Wildman–Crippen MR) is 77.1 cm³/mol. The molecule has 0 N–H and O–H groups in total. The highest BCUT2D eigenvalue weighted by Crippen LogP contribution is 2.37. The molecule has 0 aliphatic carbocycles. The molecule has 1 aromatic rings. The monoisotopic (exact) mass is 334 g/mol. The van der Waals surface area contributed by atoms with Crippen LogP contribution in [-0.2, 0) is 14.3 Å². The Bertz CT molecular complexity index is 581. The summed E-state index contributed by atoms with van der Waals surface area (Å²) in [5, 5.41) is 11.5. The summed E-state index contributed by atoms with van der Waals surface area (Å²) in [6.07, 6.45) is 0. The molecule has 0 spiro atoms. The summed E-state index contributed by atoms with van der Waals surface area (Å²) in [5.41, 5.74) is -0.00620. The lowest BCUT2D eigenvalue weighted by Crippen LogP contribution is -2.50. The first-order chi connectivity index (χ1) is 9.95.